The number of benzene rings is 1. The number of thioether (sulfide) groups is 1. The van der Waals surface area contributed by atoms with Crippen LogP contribution < -0.4 is 5.32 Å². The van der Waals surface area contributed by atoms with Crippen LogP contribution in [0.3, 0.4) is 0 Å². The van der Waals surface area contributed by atoms with Gasteiger partial charge >= 0.3 is 0 Å². The van der Waals surface area contributed by atoms with Crippen molar-refractivity contribution in [1.29, 1.82) is 5.26 Å². The first-order valence-electron chi connectivity index (χ1n) is 9.60. The predicted octanol–water partition coefficient (Wildman–Crippen LogP) is 5.01. The average Bonchev–Trinajstić information content (AvgIpc) is 3.52. The molecule has 7 nitrogen and oxygen atoms in total. The molecule has 1 amide bonds. The number of carbonyl (C=O) groups excluding carboxylic acids is 1. The van der Waals surface area contributed by atoms with Gasteiger partial charge in [0.15, 0.2) is 0 Å². The van der Waals surface area contributed by atoms with Crippen molar-refractivity contribution in [1.82, 2.24) is 14.8 Å². The van der Waals surface area contributed by atoms with E-state index in [2.05, 4.69) is 21.6 Å². The Bertz CT molecular complexity index is 1290. The van der Waals surface area contributed by atoms with E-state index < -0.39 is 0 Å². The van der Waals surface area contributed by atoms with Gasteiger partial charge in [0, 0.05) is 12.2 Å². The van der Waals surface area contributed by atoms with Gasteiger partial charge in [-0.3, -0.25) is 4.79 Å². The molecule has 0 aliphatic heterocycles. The number of nitrogens with zero attached hydrogens (tertiary/aromatic N) is 4. The number of carbonyl (C=O) groups is 1. The molecule has 3 aromatic heterocycles. The van der Waals surface area contributed by atoms with E-state index in [1.165, 1.54) is 23.5 Å². The molecule has 0 aliphatic carbocycles. The summed E-state index contributed by atoms with van der Waals surface area (Å²) in [6.45, 7) is 4.11. The third-order valence-corrected chi connectivity index (χ3v) is 6.59. The maximum absolute atomic E-state index is 13.3. The number of nitrogens with one attached hydrogen (secondary N) is 1. The zero-order chi connectivity index (χ0) is 22.7. The van der Waals surface area contributed by atoms with Gasteiger partial charge in [0.2, 0.25) is 5.91 Å². The van der Waals surface area contributed by atoms with Crippen LogP contribution in [0.5, 0.6) is 0 Å². The lowest BCUT2D eigenvalue weighted by Crippen LogP contribution is -2.18. The van der Waals surface area contributed by atoms with E-state index in [4.69, 9.17) is 4.42 Å². The highest BCUT2D eigenvalue weighted by Crippen LogP contribution is 2.29. The molecule has 1 aromatic carbocycles. The fourth-order valence-electron chi connectivity index (χ4n) is 3.16. The van der Waals surface area contributed by atoms with Crippen molar-refractivity contribution in [2.75, 3.05) is 11.1 Å². The molecule has 1 N–H and O–H groups in total. The van der Waals surface area contributed by atoms with Crippen molar-refractivity contribution in [3.05, 3.63) is 70.0 Å². The second-order valence-electron chi connectivity index (χ2n) is 6.95. The SMILES string of the molecule is Cc1c(C#N)c(NC(=O)CSc2nnc(-c3cccs3)o2)n(Cc2ccc(F)cc2)c1C. The lowest BCUT2D eigenvalue weighted by molar-refractivity contribution is -0.113. The Balaban J connectivity index is 1.49. The van der Waals surface area contributed by atoms with E-state index in [1.54, 1.807) is 12.1 Å². The normalized spacial score (nSPS) is 10.8. The Kier molecular flexibility index (Phi) is 6.39. The zero-order valence-corrected chi connectivity index (χ0v) is 18.9. The number of nitriles is 1. The van der Waals surface area contributed by atoms with Gasteiger partial charge in [0.25, 0.3) is 11.1 Å². The minimum Gasteiger partial charge on any atom is -0.410 e. The molecule has 162 valence electrons. The number of aromatic nitrogens is 3. The maximum Gasteiger partial charge on any atom is 0.277 e. The number of amides is 1. The van der Waals surface area contributed by atoms with Gasteiger partial charge in [0.05, 0.1) is 16.2 Å². The van der Waals surface area contributed by atoms with E-state index in [0.29, 0.717) is 23.8 Å². The molecule has 0 bridgehead atoms. The number of hydrogen-bond acceptors (Lipinski definition) is 7. The van der Waals surface area contributed by atoms with Crippen LogP contribution in [-0.2, 0) is 11.3 Å². The number of rotatable bonds is 7. The topological polar surface area (TPSA) is 96.7 Å². The molecule has 32 heavy (non-hydrogen) atoms. The smallest absolute Gasteiger partial charge is 0.277 e. The summed E-state index contributed by atoms with van der Waals surface area (Å²) in [6.07, 6.45) is 0. The highest BCUT2D eigenvalue weighted by Gasteiger charge is 2.20. The molecule has 4 aromatic rings. The fourth-order valence-corrected chi connectivity index (χ4v) is 4.37. The van der Waals surface area contributed by atoms with Crippen molar-refractivity contribution in [3.63, 3.8) is 0 Å². The van der Waals surface area contributed by atoms with E-state index in [-0.39, 0.29) is 22.7 Å². The lowest BCUT2D eigenvalue weighted by Gasteiger charge is -2.13. The summed E-state index contributed by atoms with van der Waals surface area (Å²) in [5.41, 5.74) is 2.90. The Morgan fingerprint density at radius 2 is 2.06 bits per heavy atom. The van der Waals surface area contributed by atoms with Crippen molar-refractivity contribution in [2.45, 2.75) is 25.6 Å². The Morgan fingerprint density at radius 3 is 2.75 bits per heavy atom. The van der Waals surface area contributed by atoms with Crippen molar-refractivity contribution < 1.29 is 13.6 Å². The third kappa shape index (κ3) is 4.59. The van der Waals surface area contributed by atoms with Gasteiger partial charge < -0.3 is 14.3 Å². The molecule has 4 rings (SSSR count). The average molecular weight is 468 g/mol. The molecule has 0 fully saturated rings. The van der Waals surface area contributed by atoms with Crippen LogP contribution in [0.15, 0.2) is 51.4 Å². The minimum absolute atomic E-state index is 0.0385. The molecule has 0 aliphatic rings. The first kappa shape index (κ1) is 21.8. The lowest BCUT2D eigenvalue weighted by atomic mass is 10.2. The van der Waals surface area contributed by atoms with Crippen LogP contribution in [0.4, 0.5) is 10.2 Å². The highest BCUT2D eigenvalue weighted by atomic mass is 32.2. The number of anilines is 1. The molecular weight excluding hydrogens is 449 g/mol. The van der Waals surface area contributed by atoms with E-state index in [1.807, 2.05) is 35.9 Å². The Morgan fingerprint density at radius 1 is 1.28 bits per heavy atom. The van der Waals surface area contributed by atoms with Crippen molar-refractivity contribution in [3.8, 4) is 16.8 Å². The molecule has 10 heteroatoms. The first-order valence-corrected chi connectivity index (χ1v) is 11.5. The fraction of sp³-hybridized carbons (Fsp3) is 0.182. The first-order chi connectivity index (χ1) is 15.5. The second-order valence-corrected chi connectivity index (χ2v) is 8.82. The number of thiophene rings is 1. The molecule has 3 heterocycles. The van der Waals surface area contributed by atoms with Gasteiger partial charge in [-0.25, -0.2) is 4.39 Å². The molecule has 0 atom stereocenters. The Labute approximate surface area is 191 Å². The summed E-state index contributed by atoms with van der Waals surface area (Å²) < 4.78 is 20.7. The van der Waals surface area contributed by atoms with Gasteiger partial charge in [0.1, 0.15) is 17.7 Å². The third-order valence-electron chi connectivity index (χ3n) is 4.92. The van der Waals surface area contributed by atoms with E-state index >= 15 is 0 Å². The quantitative estimate of drug-likeness (QED) is 0.384. The monoisotopic (exact) mass is 467 g/mol. The maximum atomic E-state index is 13.3. The largest absolute Gasteiger partial charge is 0.410 e. The van der Waals surface area contributed by atoms with E-state index in [9.17, 15) is 14.4 Å². The van der Waals surface area contributed by atoms with Gasteiger partial charge in [-0.1, -0.05) is 30.0 Å². The molecule has 0 saturated heterocycles. The van der Waals surface area contributed by atoms with Gasteiger partial charge in [-0.05, 0) is 48.6 Å². The summed E-state index contributed by atoms with van der Waals surface area (Å²) in [5, 5.41) is 22.7. The van der Waals surface area contributed by atoms with Crippen LogP contribution in [0, 0.1) is 31.0 Å². The highest BCUT2D eigenvalue weighted by molar-refractivity contribution is 7.99. The summed E-state index contributed by atoms with van der Waals surface area (Å²) in [5.74, 6) is 0.244. The predicted molar refractivity (Wildman–Crippen MR) is 121 cm³/mol. The van der Waals surface area contributed by atoms with Crippen molar-refractivity contribution >= 4 is 34.8 Å². The van der Waals surface area contributed by atoms with E-state index in [0.717, 1.165) is 33.5 Å². The van der Waals surface area contributed by atoms with Crippen LogP contribution in [-0.4, -0.2) is 26.4 Å². The summed E-state index contributed by atoms with van der Waals surface area (Å²) in [4.78, 5) is 13.5. The van der Waals surface area contributed by atoms with Crippen LogP contribution in [0.25, 0.3) is 10.8 Å². The van der Waals surface area contributed by atoms with Crippen LogP contribution in [0.2, 0.25) is 0 Å². The molecular formula is C22H18FN5O2S2. The zero-order valence-electron chi connectivity index (χ0n) is 17.3. The molecule has 0 spiro atoms. The molecule has 0 saturated carbocycles. The Hall–Kier alpha value is -3.42. The van der Waals surface area contributed by atoms with Crippen molar-refractivity contribution in [2.24, 2.45) is 0 Å². The standard InChI is InChI=1S/C22H18FN5O2S2/c1-13-14(2)28(11-15-5-7-16(23)8-6-15)20(17(13)10-24)25-19(29)12-32-22-27-26-21(30-22)18-4-3-9-31-18/h3-9H,11-12H2,1-2H3,(H,25,29). The van der Waals surface area contributed by atoms with Gasteiger partial charge in [-0.2, -0.15) is 5.26 Å². The van der Waals surface area contributed by atoms with Crippen LogP contribution >= 0.6 is 23.1 Å². The van der Waals surface area contributed by atoms with Crippen LogP contribution in [0.1, 0.15) is 22.4 Å². The molecule has 0 unspecified atom stereocenters. The summed E-state index contributed by atoms with van der Waals surface area (Å²) in [6, 6.07) is 12.1. The summed E-state index contributed by atoms with van der Waals surface area (Å²) in [7, 11) is 0. The summed E-state index contributed by atoms with van der Waals surface area (Å²) >= 11 is 2.61. The molecule has 0 radical (unpaired) electrons. The minimum atomic E-state index is -0.319. The van der Waals surface area contributed by atoms with Gasteiger partial charge in [-0.15, -0.1) is 21.5 Å². The second kappa shape index (κ2) is 9.38. The number of hydrogen-bond donors (Lipinski definition) is 1. The number of halogens is 1.